The van der Waals surface area contributed by atoms with Gasteiger partial charge in [-0.05, 0) is 5.92 Å². The van der Waals surface area contributed by atoms with Gasteiger partial charge < -0.3 is 14.5 Å². The molecule has 2 fully saturated rings. The molecule has 2 aliphatic heterocycles. The fourth-order valence-electron chi connectivity index (χ4n) is 2.53. The molecule has 8 heteroatoms. The van der Waals surface area contributed by atoms with Crippen molar-refractivity contribution < 1.29 is 14.3 Å². The summed E-state index contributed by atoms with van der Waals surface area (Å²) in [6, 6.07) is -0.198. The number of urea groups is 1. The van der Waals surface area contributed by atoms with E-state index in [0.29, 0.717) is 30.7 Å². The molecular formula is C13H18N4O3S. The van der Waals surface area contributed by atoms with Gasteiger partial charge in [-0.2, -0.15) is 0 Å². The summed E-state index contributed by atoms with van der Waals surface area (Å²) in [4.78, 5) is 32.0. The number of likely N-dealkylation sites (N-methyl/N-ethyl adjacent to an activating group) is 1. The Balaban J connectivity index is 1.55. The Hall–Kier alpha value is -1.83. The van der Waals surface area contributed by atoms with Gasteiger partial charge in [0.15, 0.2) is 10.7 Å². The summed E-state index contributed by atoms with van der Waals surface area (Å²) in [7, 11) is 1.70. The van der Waals surface area contributed by atoms with Crippen LogP contribution in [0.5, 0.6) is 0 Å². The highest BCUT2D eigenvalue weighted by Gasteiger charge is 2.54. The summed E-state index contributed by atoms with van der Waals surface area (Å²) in [5, 5.41) is 3.39. The Kier molecular flexibility index (Phi) is 3.27. The van der Waals surface area contributed by atoms with E-state index in [4.69, 9.17) is 4.74 Å². The van der Waals surface area contributed by atoms with Crippen molar-refractivity contribution in [1.29, 1.82) is 0 Å². The van der Waals surface area contributed by atoms with Gasteiger partial charge in [0.05, 0.1) is 19.6 Å². The third-order valence-electron chi connectivity index (χ3n) is 3.69. The molecule has 1 aromatic heterocycles. The van der Waals surface area contributed by atoms with Crippen LogP contribution >= 0.6 is 11.3 Å². The van der Waals surface area contributed by atoms with Gasteiger partial charge in [0.25, 0.3) is 0 Å². The van der Waals surface area contributed by atoms with Crippen molar-refractivity contribution in [2.45, 2.75) is 25.4 Å². The first-order valence-corrected chi connectivity index (χ1v) is 7.66. The number of nitrogens with zero attached hydrogens (tertiary/aromatic N) is 3. The first-order chi connectivity index (χ1) is 9.88. The number of ether oxygens (including phenoxy) is 1. The van der Waals surface area contributed by atoms with Gasteiger partial charge in [-0.15, -0.1) is 11.3 Å². The van der Waals surface area contributed by atoms with Crippen molar-refractivity contribution in [2.75, 3.05) is 32.0 Å². The van der Waals surface area contributed by atoms with Crippen molar-refractivity contribution in [2.24, 2.45) is 0 Å². The van der Waals surface area contributed by atoms with Crippen LogP contribution < -0.4 is 5.32 Å². The van der Waals surface area contributed by atoms with Crippen LogP contribution in [0.1, 0.15) is 24.6 Å². The fourth-order valence-corrected chi connectivity index (χ4v) is 3.34. The van der Waals surface area contributed by atoms with Crippen molar-refractivity contribution in [1.82, 2.24) is 14.8 Å². The number of amides is 3. The topological polar surface area (TPSA) is 74.8 Å². The molecule has 0 aromatic carbocycles. The Morgan fingerprint density at radius 2 is 2.19 bits per heavy atom. The van der Waals surface area contributed by atoms with Crippen LogP contribution in [-0.2, 0) is 4.74 Å². The molecule has 3 amide bonds. The lowest BCUT2D eigenvalue weighted by molar-refractivity contribution is -0.0488. The molecule has 3 rings (SSSR count). The molecule has 2 aliphatic rings. The molecule has 1 aromatic rings. The largest absolute Gasteiger partial charge is 0.437 e. The highest BCUT2D eigenvalue weighted by atomic mass is 32.1. The SMILES string of the molecule is CC(C)c1cnc(NC(=O)N2CC3(CN(C)C(=O)O3)C2)s1. The van der Waals surface area contributed by atoms with Crippen LogP contribution in [0.2, 0.25) is 0 Å². The third-order valence-corrected chi connectivity index (χ3v) is 4.91. The number of aromatic nitrogens is 1. The lowest BCUT2D eigenvalue weighted by Crippen LogP contribution is -2.66. The second-order valence-corrected chi connectivity index (χ2v) is 6.98. The second-order valence-electron chi connectivity index (χ2n) is 5.92. The average Bonchev–Trinajstić information content (AvgIpc) is 2.93. The number of thiazole rings is 1. The van der Waals surface area contributed by atoms with Crippen molar-refractivity contribution in [3.8, 4) is 0 Å². The van der Waals surface area contributed by atoms with Crippen molar-refractivity contribution >= 4 is 28.6 Å². The smallest absolute Gasteiger partial charge is 0.410 e. The number of hydrogen-bond acceptors (Lipinski definition) is 5. The number of likely N-dealkylation sites (tertiary alicyclic amines) is 1. The minimum Gasteiger partial charge on any atom is -0.437 e. The number of hydrogen-bond donors (Lipinski definition) is 1. The first kappa shape index (κ1) is 14.1. The molecule has 0 radical (unpaired) electrons. The van der Waals surface area contributed by atoms with Crippen molar-refractivity contribution in [3.05, 3.63) is 11.1 Å². The van der Waals surface area contributed by atoms with E-state index in [1.807, 2.05) is 0 Å². The Bertz CT molecular complexity index is 580. The van der Waals surface area contributed by atoms with E-state index >= 15 is 0 Å². The van der Waals surface area contributed by atoms with Crippen LogP contribution in [0.4, 0.5) is 14.7 Å². The summed E-state index contributed by atoms with van der Waals surface area (Å²) >= 11 is 1.48. The monoisotopic (exact) mass is 310 g/mol. The van der Waals surface area contributed by atoms with E-state index in [-0.39, 0.29) is 12.1 Å². The van der Waals surface area contributed by atoms with Crippen LogP contribution in [0.15, 0.2) is 6.20 Å². The predicted octanol–water partition coefficient (Wildman–Crippen LogP) is 1.93. The second kappa shape index (κ2) is 4.87. The number of carbonyl (C=O) groups excluding carboxylic acids is 2. The maximum absolute atomic E-state index is 12.1. The standard InChI is InChI=1S/C13H18N4O3S/c1-8(2)9-4-14-10(21-9)15-11(18)17-6-13(7-17)5-16(3)12(19)20-13/h4,8H,5-7H2,1-3H3,(H,14,15,18). The molecule has 1 spiro atoms. The fraction of sp³-hybridized carbons (Fsp3) is 0.615. The maximum Gasteiger partial charge on any atom is 0.410 e. The zero-order valence-corrected chi connectivity index (χ0v) is 13.1. The van der Waals surface area contributed by atoms with Gasteiger partial charge >= 0.3 is 12.1 Å². The molecule has 2 saturated heterocycles. The van der Waals surface area contributed by atoms with Gasteiger partial charge in [-0.1, -0.05) is 13.8 Å². The van der Waals surface area contributed by atoms with Crippen LogP contribution in [-0.4, -0.2) is 59.2 Å². The quantitative estimate of drug-likeness (QED) is 0.906. The van der Waals surface area contributed by atoms with Gasteiger partial charge in [-0.3, -0.25) is 5.32 Å². The third kappa shape index (κ3) is 2.55. The summed E-state index contributed by atoms with van der Waals surface area (Å²) in [5.41, 5.74) is -0.519. The number of anilines is 1. The normalized spacial score (nSPS) is 19.9. The molecular weight excluding hydrogens is 292 g/mol. The molecule has 114 valence electrons. The Morgan fingerprint density at radius 1 is 1.48 bits per heavy atom. The van der Waals surface area contributed by atoms with Crippen LogP contribution in [0.25, 0.3) is 0 Å². The summed E-state index contributed by atoms with van der Waals surface area (Å²) < 4.78 is 5.32. The van der Waals surface area contributed by atoms with E-state index in [1.54, 1.807) is 18.1 Å². The lowest BCUT2D eigenvalue weighted by atomic mass is 9.95. The van der Waals surface area contributed by atoms with E-state index in [2.05, 4.69) is 24.1 Å². The molecule has 0 aliphatic carbocycles. The van der Waals surface area contributed by atoms with E-state index in [0.717, 1.165) is 4.88 Å². The Morgan fingerprint density at radius 3 is 2.71 bits per heavy atom. The molecule has 21 heavy (non-hydrogen) atoms. The average molecular weight is 310 g/mol. The molecule has 0 unspecified atom stereocenters. The molecule has 0 bridgehead atoms. The van der Waals surface area contributed by atoms with Gasteiger partial charge in [0, 0.05) is 18.1 Å². The minimum atomic E-state index is -0.519. The van der Waals surface area contributed by atoms with Gasteiger partial charge in [-0.25, -0.2) is 14.6 Å². The van der Waals surface area contributed by atoms with E-state index in [1.165, 1.54) is 16.2 Å². The number of rotatable bonds is 2. The molecule has 7 nitrogen and oxygen atoms in total. The Labute approximate surface area is 126 Å². The molecule has 1 N–H and O–H groups in total. The first-order valence-electron chi connectivity index (χ1n) is 6.84. The lowest BCUT2D eigenvalue weighted by Gasteiger charge is -2.44. The van der Waals surface area contributed by atoms with Crippen molar-refractivity contribution in [3.63, 3.8) is 0 Å². The molecule has 0 saturated carbocycles. The summed E-state index contributed by atoms with van der Waals surface area (Å²) in [6.45, 7) is 5.56. The van der Waals surface area contributed by atoms with Crippen LogP contribution in [0, 0.1) is 0 Å². The van der Waals surface area contributed by atoms with Gasteiger partial charge in [0.2, 0.25) is 0 Å². The van der Waals surface area contributed by atoms with E-state index < -0.39 is 5.60 Å². The predicted molar refractivity (Wildman–Crippen MR) is 78.6 cm³/mol. The molecule has 3 heterocycles. The number of nitrogens with one attached hydrogen (secondary N) is 1. The number of carbonyl (C=O) groups is 2. The molecule has 0 atom stereocenters. The van der Waals surface area contributed by atoms with Crippen LogP contribution in [0.3, 0.4) is 0 Å². The van der Waals surface area contributed by atoms with Gasteiger partial charge in [0.1, 0.15) is 0 Å². The maximum atomic E-state index is 12.1. The highest BCUT2D eigenvalue weighted by molar-refractivity contribution is 7.15. The summed E-state index contributed by atoms with van der Waals surface area (Å²) in [5.74, 6) is 0.397. The zero-order chi connectivity index (χ0) is 15.2. The highest BCUT2D eigenvalue weighted by Crippen LogP contribution is 2.32. The summed E-state index contributed by atoms with van der Waals surface area (Å²) in [6.07, 6.45) is 1.47. The van der Waals surface area contributed by atoms with E-state index in [9.17, 15) is 9.59 Å². The minimum absolute atomic E-state index is 0.198. The zero-order valence-electron chi connectivity index (χ0n) is 12.3.